The van der Waals surface area contributed by atoms with E-state index in [1.54, 1.807) is 0 Å². The van der Waals surface area contributed by atoms with Crippen LogP contribution in [0.1, 0.15) is 19.3 Å². The minimum atomic E-state index is 0.377. The van der Waals surface area contributed by atoms with Crippen LogP contribution in [0.25, 0.3) is 0 Å². The molecule has 0 aliphatic carbocycles. The summed E-state index contributed by atoms with van der Waals surface area (Å²) in [7, 11) is 0. The van der Waals surface area contributed by atoms with Crippen LogP contribution in [-0.4, -0.2) is 48.0 Å². The summed E-state index contributed by atoms with van der Waals surface area (Å²) in [6, 6.07) is 0.516. The van der Waals surface area contributed by atoms with Crippen LogP contribution in [0.2, 0.25) is 0 Å². The molecule has 0 atom stereocenters. The summed E-state index contributed by atoms with van der Waals surface area (Å²) in [6.07, 6.45) is 3.02. The minimum absolute atomic E-state index is 0.377. The Morgan fingerprint density at radius 1 is 1.29 bits per heavy atom. The van der Waals surface area contributed by atoms with Gasteiger partial charge in [0, 0.05) is 30.5 Å². The Bertz CT molecular complexity index is 204. The van der Waals surface area contributed by atoms with E-state index in [1.807, 2.05) is 11.8 Å². The van der Waals surface area contributed by atoms with Crippen molar-refractivity contribution < 1.29 is 4.79 Å². The van der Waals surface area contributed by atoms with Crippen molar-refractivity contribution in [3.8, 4) is 0 Å². The highest BCUT2D eigenvalue weighted by Gasteiger charge is 2.25. The van der Waals surface area contributed by atoms with Gasteiger partial charge in [-0.1, -0.05) is 0 Å². The first-order valence-electron chi connectivity index (χ1n) is 5.46. The molecule has 14 heavy (non-hydrogen) atoms. The fourth-order valence-corrected chi connectivity index (χ4v) is 3.05. The molecule has 3 nitrogen and oxygen atoms in total. The highest BCUT2D eigenvalue weighted by molar-refractivity contribution is 7.99. The highest BCUT2D eigenvalue weighted by Crippen LogP contribution is 2.18. The minimum Gasteiger partial charge on any atom is -0.339 e. The van der Waals surface area contributed by atoms with Gasteiger partial charge in [-0.2, -0.15) is 11.8 Å². The molecule has 1 amide bonds. The van der Waals surface area contributed by atoms with Crippen molar-refractivity contribution in [3.63, 3.8) is 0 Å². The van der Waals surface area contributed by atoms with Crippen LogP contribution in [0.4, 0.5) is 0 Å². The zero-order chi connectivity index (χ0) is 9.80. The smallest absolute Gasteiger partial charge is 0.223 e. The molecule has 2 heterocycles. The number of nitrogens with one attached hydrogen (secondary N) is 1. The molecule has 2 aliphatic rings. The standard InChI is InChI=1S/C10H18N2OS/c13-10-3-7-14-8-6-12(10)9-1-4-11-5-2-9/h9,11H,1-8H2. The van der Waals surface area contributed by atoms with E-state index in [1.165, 1.54) is 0 Å². The van der Waals surface area contributed by atoms with Gasteiger partial charge < -0.3 is 10.2 Å². The predicted octanol–water partition coefficient (Wildman–Crippen LogP) is 0.704. The van der Waals surface area contributed by atoms with E-state index in [-0.39, 0.29) is 0 Å². The quantitative estimate of drug-likeness (QED) is 0.697. The average Bonchev–Trinajstić information content (AvgIpc) is 2.44. The largest absolute Gasteiger partial charge is 0.339 e. The first-order valence-corrected chi connectivity index (χ1v) is 6.61. The molecule has 0 unspecified atom stereocenters. The van der Waals surface area contributed by atoms with Gasteiger partial charge in [0.2, 0.25) is 5.91 Å². The van der Waals surface area contributed by atoms with E-state index in [4.69, 9.17) is 0 Å². The molecular weight excluding hydrogens is 196 g/mol. The van der Waals surface area contributed by atoms with Crippen molar-refractivity contribution in [1.29, 1.82) is 0 Å². The second-order valence-corrected chi connectivity index (χ2v) is 5.16. The number of hydrogen-bond donors (Lipinski definition) is 1. The van der Waals surface area contributed by atoms with E-state index < -0.39 is 0 Å². The first kappa shape index (κ1) is 10.3. The molecule has 0 aromatic carbocycles. The van der Waals surface area contributed by atoms with E-state index in [2.05, 4.69) is 10.2 Å². The summed E-state index contributed by atoms with van der Waals surface area (Å²) in [5.41, 5.74) is 0. The number of piperidine rings is 1. The number of hydrogen-bond acceptors (Lipinski definition) is 3. The molecule has 2 aliphatic heterocycles. The lowest BCUT2D eigenvalue weighted by Gasteiger charge is -2.33. The summed E-state index contributed by atoms with van der Waals surface area (Å²) in [5, 5.41) is 3.34. The van der Waals surface area contributed by atoms with Crippen molar-refractivity contribution in [2.45, 2.75) is 25.3 Å². The maximum absolute atomic E-state index is 11.8. The topological polar surface area (TPSA) is 32.3 Å². The van der Waals surface area contributed by atoms with E-state index in [9.17, 15) is 4.79 Å². The van der Waals surface area contributed by atoms with Gasteiger partial charge in [-0.25, -0.2) is 0 Å². The molecule has 80 valence electrons. The SMILES string of the molecule is O=C1CCSCCN1C1CCNCC1. The Hall–Kier alpha value is -0.220. The van der Waals surface area contributed by atoms with Crippen LogP contribution in [0.3, 0.4) is 0 Å². The summed E-state index contributed by atoms with van der Waals surface area (Å²) < 4.78 is 0. The summed E-state index contributed by atoms with van der Waals surface area (Å²) in [5.74, 6) is 2.51. The molecule has 0 spiro atoms. The maximum Gasteiger partial charge on any atom is 0.223 e. The van der Waals surface area contributed by atoms with Crippen LogP contribution < -0.4 is 5.32 Å². The molecule has 0 radical (unpaired) electrons. The van der Waals surface area contributed by atoms with Crippen molar-refractivity contribution in [3.05, 3.63) is 0 Å². The molecular formula is C10H18N2OS. The molecule has 2 rings (SSSR count). The van der Waals surface area contributed by atoms with E-state index in [0.29, 0.717) is 11.9 Å². The Balaban J connectivity index is 1.95. The molecule has 2 saturated heterocycles. The van der Waals surface area contributed by atoms with Crippen LogP contribution in [0, 0.1) is 0 Å². The zero-order valence-corrected chi connectivity index (χ0v) is 9.31. The normalized spacial score (nSPS) is 26.3. The predicted molar refractivity (Wildman–Crippen MR) is 59.5 cm³/mol. The van der Waals surface area contributed by atoms with Gasteiger partial charge in [-0.3, -0.25) is 4.79 Å². The zero-order valence-electron chi connectivity index (χ0n) is 8.50. The number of thioether (sulfide) groups is 1. The Labute approximate surface area is 89.6 Å². The Kier molecular flexibility index (Phi) is 3.70. The molecule has 0 saturated carbocycles. The second-order valence-electron chi connectivity index (χ2n) is 3.93. The monoisotopic (exact) mass is 214 g/mol. The summed E-state index contributed by atoms with van der Waals surface area (Å²) in [4.78, 5) is 13.9. The van der Waals surface area contributed by atoms with Crippen LogP contribution in [0.5, 0.6) is 0 Å². The lowest BCUT2D eigenvalue weighted by atomic mass is 10.0. The lowest BCUT2D eigenvalue weighted by molar-refractivity contribution is -0.133. The molecule has 0 aromatic rings. The second kappa shape index (κ2) is 5.03. The fraction of sp³-hybridized carbons (Fsp3) is 0.900. The summed E-state index contributed by atoms with van der Waals surface area (Å²) in [6.45, 7) is 3.11. The van der Waals surface area contributed by atoms with Crippen molar-refractivity contribution in [2.24, 2.45) is 0 Å². The first-order chi connectivity index (χ1) is 6.88. The third kappa shape index (κ3) is 2.42. The fourth-order valence-electron chi connectivity index (χ4n) is 2.20. The van der Waals surface area contributed by atoms with Gasteiger partial charge in [0.05, 0.1) is 0 Å². The van der Waals surface area contributed by atoms with Crippen LogP contribution in [0.15, 0.2) is 0 Å². The van der Waals surface area contributed by atoms with E-state index >= 15 is 0 Å². The van der Waals surface area contributed by atoms with E-state index in [0.717, 1.165) is 50.4 Å². The van der Waals surface area contributed by atoms with Crippen molar-refractivity contribution in [2.75, 3.05) is 31.1 Å². The van der Waals surface area contributed by atoms with Gasteiger partial charge in [0.1, 0.15) is 0 Å². The lowest BCUT2D eigenvalue weighted by Crippen LogP contribution is -2.46. The summed E-state index contributed by atoms with van der Waals surface area (Å²) >= 11 is 1.91. The molecule has 0 aromatic heterocycles. The molecule has 4 heteroatoms. The van der Waals surface area contributed by atoms with Crippen LogP contribution in [-0.2, 0) is 4.79 Å². The van der Waals surface area contributed by atoms with Crippen molar-refractivity contribution >= 4 is 17.7 Å². The van der Waals surface area contributed by atoms with Gasteiger partial charge >= 0.3 is 0 Å². The van der Waals surface area contributed by atoms with Gasteiger partial charge in [-0.15, -0.1) is 0 Å². The number of carbonyl (C=O) groups excluding carboxylic acids is 1. The Morgan fingerprint density at radius 2 is 2.07 bits per heavy atom. The maximum atomic E-state index is 11.8. The third-order valence-corrected chi connectivity index (χ3v) is 3.97. The molecule has 2 fully saturated rings. The average molecular weight is 214 g/mol. The number of amides is 1. The van der Waals surface area contributed by atoms with Gasteiger partial charge in [0.25, 0.3) is 0 Å². The number of carbonyl (C=O) groups is 1. The third-order valence-electron chi connectivity index (χ3n) is 3.01. The van der Waals surface area contributed by atoms with Gasteiger partial charge in [-0.05, 0) is 25.9 Å². The van der Waals surface area contributed by atoms with Gasteiger partial charge in [0.15, 0.2) is 0 Å². The molecule has 0 bridgehead atoms. The highest BCUT2D eigenvalue weighted by atomic mass is 32.2. The van der Waals surface area contributed by atoms with Crippen molar-refractivity contribution in [1.82, 2.24) is 10.2 Å². The van der Waals surface area contributed by atoms with Crippen LogP contribution >= 0.6 is 11.8 Å². The Morgan fingerprint density at radius 3 is 2.86 bits per heavy atom. The number of nitrogens with zero attached hydrogens (tertiary/aromatic N) is 1. The number of rotatable bonds is 1. The molecule has 1 N–H and O–H groups in total.